The van der Waals surface area contributed by atoms with E-state index in [0.717, 1.165) is 24.8 Å². The number of carbonyl (C=O) groups excluding carboxylic acids is 1. The smallest absolute Gasteiger partial charge is 0.158 e. The van der Waals surface area contributed by atoms with Crippen LogP contribution in [0.3, 0.4) is 0 Å². The van der Waals surface area contributed by atoms with E-state index in [1.54, 1.807) is 6.08 Å². The van der Waals surface area contributed by atoms with Gasteiger partial charge in [0, 0.05) is 12.0 Å². The van der Waals surface area contributed by atoms with Crippen molar-refractivity contribution in [2.75, 3.05) is 0 Å². The van der Waals surface area contributed by atoms with Gasteiger partial charge in [0.05, 0.1) is 0 Å². The Morgan fingerprint density at radius 3 is 2.50 bits per heavy atom. The zero-order valence-electron chi connectivity index (χ0n) is 7.84. The van der Waals surface area contributed by atoms with Crippen LogP contribution < -0.4 is 5.73 Å². The molecule has 1 fully saturated rings. The number of ketones is 1. The van der Waals surface area contributed by atoms with E-state index in [9.17, 15) is 4.79 Å². The lowest BCUT2D eigenvalue weighted by Crippen LogP contribution is -2.17. The molecule has 1 aliphatic carbocycles. The van der Waals surface area contributed by atoms with Crippen LogP contribution in [-0.4, -0.2) is 11.8 Å². The standard InChI is InChI=1S/C10H17NO/c1-7(2)5-10(12)8-3-4-9(11)6-8/h5,8-9H,3-4,6,11H2,1-2H3. The molecule has 2 heteroatoms. The zero-order valence-corrected chi connectivity index (χ0v) is 7.84. The van der Waals surface area contributed by atoms with E-state index in [1.807, 2.05) is 13.8 Å². The van der Waals surface area contributed by atoms with Gasteiger partial charge in [-0.1, -0.05) is 5.57 Å². The van der Waals surface area contributed by atoms with E-state index in [0.29, 0.717) is 0 Å². The summed E-state index contributed by atoms with van der Waals surface area (Å²) in [5, 5.41) is 0. The van der Waals surface area contributed by atoms with E-state index in [4.69, 9.17) is 5.73 Å². The van der Waals surface area contributed by atoms with Crippen molar-refractivity contribution in [1.29, 1.82) is 0 Å². The number of carbonyl (C=O) groups is 1. The molecule has 68 valence electrons. The van der Waals surface area contributed by atoms with Crippen LogP contribution in [-0.2, 0) is 4.79 Å². The molecule has 0 bridgehead atoms. The van der Waals surface area contributed by atoms with Crippen molar-refractivity contribution in [2.45, 2.75) is 39.2 Å². The fraction of sp³-hybridized carbons (Fsp3) is 0.700. The number of nitrogens with two attached hydrogens (primary N) is 1. The minimum Gasteiger partial charge on any atom is -0.328 e. The van der Waals surface area contributed by atoms with Crippen LogP contribution in [0.15, 0.2) is 11.6 Å². The van der Waals surface area contributed by atoms with Gasteiger partial charge in [0.15, 0.2) is 5.78 Å². The first-order valence-electron chi connectivity index (χ1n) is 4.54. The summed E-state index contributed by atoms with van der Waals surface area (Å²) in [6.45, 7) is 3.90. The van der Waals surface area contributed by atoms with Crippen LogP contribution in [0.4, 0.5) is 0 Å². The maximum absolute atomic E-state index is 11.5. The minimum absolute atomic E-state index is 0.204. The fourth-order valence-corrected chi connectivity index (χ4v) is 1.68. The van der Waals surface area contributed by atoms with Crippen LogP contribution in [0.25, 0.3) is 0 Å². The molecule has 0 radical (unpaired) electrons. The van der Waals surface area contributed by atoms with E-state index < -0.39 is 0 Å². The molecular formula is C10H17NO. The van der Waals surface area contributed by atoms with Crippen molar-refractivity contribution in [2.24, 2.45) is 11.7 Å². The first kappa shape index (κ1) is 9.46. The van der Waals surface area contributed by atoms with E-state index in [-0.39, 0.29) is 17.7 Å². The molecule has 0 aromatic rings. The molecule has 0 aromatic carbocycles. The van der Waals surface area contributed by atoms with Gasteiger partial charge >= 0.3 is 0 Å². The normalized spacial score (nSPS) is 28.6. The number of allylic oxidation sites excluding steroid dienone is 2. The van der Waals surface area contributed by atoms with Crippen molar-refractivity contribution >= 4 is 5.78 Å². The summed E-state index contributed by atoms with van der Waals surface area (Å²) in [5.41, 5.74) is 6.80. The summed E-state index contributed by atoms with van der Waals surface area (Å²) < 4.78 is 0. The van der Waals surface area contributed by atoms with Gasteiger partial charge in [0.1, 0.15) is 0 Å². The average molecular weight is 167 g/mol. The van der Waals surface area contributed by atoms with Gasteiger partial charge in [0.2, 0.25) is 0 Å². The van der Waals surface area contributed by atoms with Gasteiger partial charge in [0.25, 0.3) is 0 Å². The first-order valence-corrected chi connectivity index (χ1v) is 4.54. The lowest BCUT2D eigenvalue weighted by Gasteiger charge is -2.04. The maximum Gasteiger partial charge on any atom is 0.158 e. The highest BCUT2D eigenvalue weighted by Crippen LogP contribution is 2.25. The Labute approximate surface area is 73.8 Å². The Balaban J connectivity index is 2.49. The van der Waals surface area contributed by atoms with E-state index in [2.05, 4.69) is 0 Å². The highest BCUT2D eigenvalue weighted by molar-refractivity contribution is 5.92. The Hall–Kier alpha value is -0.630. The van der Waals surface area contributed by atoms with Crippen LogP contribution >= 0.6 is 0 Å². The van der Waals surface area contributed by atoms with Crippen molar-refractivity contribution in [1.82, 2.24) is 0 Å². The van der Waals surface area contributed by atoms with Crippen molar-refractivity contribution < 1.29 is 4.79 Å². The summed E-state index contributed by atoms with van der Waals surface area (Å²) in [7, 11) is 0. The van der Waals surface area contributed by atoms with Gasteiger partial charge in [-0.05, 0) is 39.2 Å². The monoisotopic (exact) mass is 167 g/mol. The molecular weight excluding hydrogens is 150 g/mol. The van der Waals surface area contributed by atoms with Crippen LogP contribution in [0.1, 0.15) is 33.1 Å². The Bertz CT molecular complexity index is 204. The molecule has 2 unspecified atom stereocenters. The zero-order chi connectivity index (χ0) is 9.14. The molecule has 1 saturated carbocycles. The molecule has 12 heavy (non-hydrogen) atoms. The third-order valence-corrected chi connectivity index (χ3v) is 2.31. The quantitative estimate of drug-likeness (QED) is 0.635. The summed E-state index contributed by atoms with van der Waals surface area (Å²) in [6, 6.07) is 0.254. The predicted molar refractivity (Wildman–Crippen MR) is 49.8 cm³/mol. The van der Waals surface area contributed by atoms with Crippen LogP contribution in [0.5, 0.6) is 0 Å². The fourth-order valence-electron chi connectivity index (χ4n) is 1.68. The third-order valence-electron chi connectivity index (χ3n) is 2.31. The summed E-state index contributed by atoms with van der Waals surface area (Å²) in [4.78, 5) is 11.5. The average Bonchev–Trinajstić information content (AvgIpc) is 2.34. The highest BCUT2D eigenvalue weighted by atomic mass is 16.1. The van der Waals surface area contributed by atoms with Crippen molar-refractivity contribution in [3.63, 3.8) is 0 Å². The van der Waals surface area contributed by atoms with E-state index >= 15 is 0 Å². The maximum atomic E-state index is 11.5. The molecule has 0 heterocycles. The molecule has 0 saturated heterocycles. The molecule has 0 aliphatic heterocycles. The molecule has 0 spiro atoms. The summed E-state index contributed by atoms with van der Waals surface area (Å²) in [6.07, 6.45) is 4.60. The minimum atomic E-state index is 0.204. The lowest BCUT2D eigenvalue weighted by atomic mass is 10.0. The second-order valence-corrected chi connectivity index (χ2v) is 3.89. The van der Waals surface area contributed by atoms with Gasteiger partial charge < -0.3 is 5.73 Å². The highest BCUT2D eigenvalue weighted by Gasteiger charge is 2.25. The Morgan fingerprint density at radius 1 is 1.42 bits per heavy atom. The van der Waals surface area contributed by atoms with Gasteiger partial charge in [-0.15, -0.1) is 0 Å². The molecule has 0 amide bonds. The SMILES string of the molecule is CC(C)=CC(=O)C1CCC(N)C1. The molecule has 1 aliphatic rings. The van der Waals surface area contributed by atoms with Crippen LogP contribution in [0.2, 0.25) is 0 Å². The van der Waals surface area contributed by atoms with Gasteiger partial charge in [-0.2, -0.15) is 0 Å². The molecule has 1 rings (SSSR count). The predicted octanol–water partition coefficient (Wildman–Crippen LogP) is 1.65. The number of rotatable bonds is 2. The lowest BCUT2D eigenvalue weighted by molar-refractivity contribution is -0.118. The largest absolute Gasteiger partial charge is 0.328 e. The molecule has 2 nitrogen and oxygen atoms in total. The number of hydrogen-bond donors (Lipinski definition) is 1. The second-order valence-electron chi connectivity index (χ2n) is 3.89. The Morgan fingerprint density at radius 2 is 2.08 bits per heavy atom. The number of hydrogen-bond acceptors (Lipinski definition) is 2. The Kier molecular flexibility index (Phi) is 3.04. The molecule has 0 aromatic heterocycles. The third kappa shape index (κ3) is 2.45. The molecule has 2 N–H and O–H groups in total. The first-order chi connectivity index (χ1) is 5.59. The van der Waals surface area contributed by atoms with Crippen molar-refractivity contribution in [3.8, 4) is 0 Å². The summed E-state index contributed by atoms with van der Waals surface area (Å²) >= 11 is 0. The molecule has 2 atom stereocenters. The van der Waals surface area contributed by atoms with Gasteiger partial charge in [-0.25, -0.2) is 0 Å². The van der Waals surface area contributed by atoms with Crippen LogP contribution in [0, 0.1) is 5.92 Å². The topological polar surface area (TPSA) is 43.1 Å². The van der Waals surface area contributed by atoms with Gasteiger partial charge in [-0.3, -0.25) is 4.79 Å². The van der Waals surface area contributed by atoms with Crippen molar-refractivity contribution in [3.05, 3.63) is 11.6 Å². The summed E-state index contributed by atoms with van der Waals surface area (Å²) in [5.74, 6) is 0.470. The second kappa shape index (κ2) is 3.85. The van der Waals surface area contributed by atoms with E-state index in [1.165, 1.54) is 0 Å².